The molecule has 0 saturated heterocycles. The molecule has 0 heterocycles. The number of carbonyl (C=O) groups is 2. The molecule has 0 spiro atoms. The van der Waals surface area contributed by atoms with Crippen LogP contribution >= 0.6 is 12.4 Å². The van der Waals surface area contributed by atoms with Crippen LogP contribution in [0.15, 0.2) is 24.3 Å². The number of halogens is 1. The Morgan fingerprint density at radius 1 is 1.25 bits per heavy atom. The molecule has 0 radical (unpaired) electrons. The molecule has 1 unspecified atom stereocenters. The van der Waals surface area contributed by atoms with Crippen molar-refractivity contribution in [2.45, 2.75) is 26.3 Å². The van der Waals surface area contributed by atoms with Crippen LogP contribution in [0.1, 0.15) is 29.3 Å². The van der Waals surface area contributed by atoms with E-state index < -0.39 is 0 Å². The van der Waals surface area contributed by atoms with Crippen LogP contribution in [0.3, 0.4) is 0 Å². The van der Waals surface area contributed by atoms with Crippen LogP contribution < -0.4 is 16.4 Å². The lowest BCUT2D eigenvalue weighted by atomic mass is 10.1. The van der Waals surface area contributed by atoms with Gasteiger partial charge in [0.25, 0.3) is 5.91 Å². The first-order chi connectivity index (χ1) is 8.99. The standard InChI is InChI=1S/C14H21N3O2.ClH/c1-10-4-3-5-12(8-10)14(19)17-7-6-16-13(18)9-11(2)15;/h3-5,8,11H,6-7,9,15H2,1-2H3,(H,16,18)(H,17,19);1H. The van der Waals surface area contributed by atoms with Gasteiger partial charge in [-0.1, -0.05) is 17.7 Å². The van der Waals surface area contributed by atoms with E-state index in [1.165, 1.54) is 0 Å². The van der Waals surface area contributed by atoms with Crippen LogP contribution in [0.25, 0.3) is 0 Å². The Morgan fingerprint density at radius 2 is 1.90 bits per heavy atom. The average Bonchev–Trinajstić information content (AvgIpc) is 2.33. The van der Waals surface area contributed by atoms with E-state index in [-0.39, 0.29) is 30.3 Å². The fourth-order valence-electron chi connectivity index (χ4n) is 1.63. The first-order valence-electron chi connectivity index (χ1n) is 6.36. The fourth-order valence-corrected chi connectivity index (χ4v) is 1.63. The summed E-state index contributed by atoms with van der Waals surface area (Å²) in [7, 11) is 0. The summed E-state index contributed by atoms with van der Waals surface area (Å²) in [6, 6.07) is 7.21. The Bertz CT molecular complexity index is 450. The van der Waals surface area contributed by atoms with Crippen LogP contribution in [0.5, 0.6) is 0 Å². The number of amides is 2. The Labute approximate surface area is 125 Å². The van der Waals surface area contributed by atoms with Gasteiger partial charge in [0.15, 0.2) is 0 Å². The summed E-state index contributed by atoms with van der Waals surface area (Å²) in [5, 5.41) is 5.45. The van der Waals surface area contributed by atoms with Crippen molar-refractivity contribution >= 4 is 24.2 Å². The van der Waals surface area contributed by atoms with Gasteiger partial charge in [0.05, 0.1) is 0 Å². The molecule has 1 aromatic carbocycles. The largest absolute Gasteiger partial charge is 0.354 e. The molecule has 0 aliphatic heterocycles. The van der Waals surface area contributed by atoms with Crippen LogP contribution in [0, 0.1) is 6.92 Å². The van der Waals surface area contributed by atoms with Crippen LogP contribution in [-0.4, -0.2) is 30.9 Å². The molecule has 20 heavy (non-hydrogen) atoms. The van der Waals surface area contributed by atoms with Gasteiger partial charge in [-0.15, -0.1) is 12.4 Å². The second kappa shape index (κ2) is 9.34. The molecule has 5 nitrogen and oxygen atoms in total. The minimum Gasteiger partial charge on any atom is -0.354 e. The minimum atomic E-state index is -0.151. The number of hydrogen-bond donors (Lipinski definition) is 3. The van der Waals surface area contributed by atoms with Gasteiger partial charge in [-0.2, -0.15) is 0 Å². The summed E-state index contributed by atoms with van der Waals surface area (Å²) in [6.07, 6.45) is 0.297. The third-order valence-electron chi connectivity index (χ3n) is 2.52. The lowest BCUT2D eigenvalue weighted by Gasteiger charge is -2.08. The van der Waals surface area contributed by atoms with Gasteiger partial charge in [-0.05, 0) is 26.0 Å². The van der Waals surface area contributed by atoms with Gasteiger partial charge in [-0.3, -0.25) is 9.59 Å². The molecule has 0 aliphatic rings. The molecule has 0 aliphatic carbocycles. The quantitative estimate of drug-likeness (QED) is 0.685. The SMILES string of the molecule is Cc1cccc(C(=O)NCCNC(=O)CC(C)N)c1.Cl. The van der Waals surface area contributed by atoms with Gasteiger partial charge in [-0.25, -0.2) is 0 Å². The Kier molecular flexibility index (Phi) is 8.59. The monoisotopic (exact) mass is 299 g/mol. The summed E-state index contributed by atoms with van der Waals surface area (Å²) in [4.78, 5) is 23.1. The zero-order valence-corrected chi connectivity index (χ0v) is 12.6. The average molecular weight is 300 g/mol. The predicted octanol–water partition coefficient (Wildman–Crippen LogP) is 1.00. The number of carbonyl (C=O) groups excluding carboxylic acids is 2. The van der Waals surface area contributed by atoms with E-state index in [0.29, 0.717) is 25.1 Å². The highest BCUT2D eigenvalue weighted by Gasteiger charge is 2.06. The van der Waals surface area contributed by atoms with E-state index in [9.17, 15) is 9.59 Å². The molecular formula is C14H22ClN3O2. The molecule has 2 amide bonds. The van der Waals surface area contributed by atoms with E-state index in [2.05, 4.69) is 10.6 Å². The zero-order chi connectivity index (χ0) is 14.3. The summed E-state index contributed by atoms with van der Waals surface area (Å²) < 4.78 is 0. The molecule has 112 valence electrons. The Hall–Kier alpha value is -1.59. The van der Waals surface area contributed by atoms with Crippen LogP contribution in [0.2, 0.25) is 0 Å². The molecule has 1 aromatic rings. The molecule has 0 bridgehead atoms. The maximum atomic E-state index is 11.8. The van der Waals surface area contributed by atoms with Crippen molar-refractivity contribution in [1.82, 2.24) is 10.6 Å². The molecular weight excluding hydrogens is 278 g/mol. The first kappa shape index (κ1) is 18.4. The number of rotatable bonds is 6. The van der Waals surface area contributed by atoms with E-state index in [0.717, 1.165) is 5.56 Å². The van der Waals surface area contributed by atoms with Crippen molar-refractivity contribution in [3.63, 3.8) is 0 Å². The van der Waals surface area contributed by atoms with Crippen molar-refractivity contribution in [3.8, 4) is 0 Å². The fraction of sp³-hybridized carbons (Fsp3) is 0.429. The third-order valence-corrected chi connectivity index (χ3v) is 2.52. The second-order valence-electron chi connectivity index (χ2n) is 4.66. The second-order valence-corrected chi connectivity index (χ2v) is 4.66. The van der Waals surface area contributed by atoms with Gasteiger partial charge >= 0.3 is 0 Å². The highest BCUT2D eigenvalue weighted by Crippen LogP contribution is 2.03. The van der Waals surface area contributed by atoms with Crippen molar-refractivity contribution < 1.29 is 9.59 Å². The highest BCUT2D eigenvalue weighted by molar-refractivity contribution is 5.94. The number of nitrogens with one attached hydrogen (secondary N) is 2. The lowest BCUT2D eigenvalue weighted by Crippen LogP contribution is -2.36. The maximum absolute atomic E-state index is 11.8. The molecule has 0 saturated carbocycles. The van der Waals surface area contributed by atoms with Gasteiger partial charge in [0.2, 0.25) is 5.91 Å². The summed E-state index contributed by atoms with van der Waals surface area (Å²) >= 11 is 0. The minimum absolute atomic E-state index is 0. The van der Waals surface area contributed by atoms with Crippen molar-refractivity contribution in [2.24, 2.45) is 5.73 Å². The summed E-state index contributed by atoms with van der Waals surface area (Å²) in [5.41, 5.74) is 7.17. The first-order valence-corrected chi connectivity index (χ1v) is 6.36. The topological polar surface area (TPSA) is 84.2 Å². The molecule has 0 fully saturated rings. The number of hydrogen-bond acceptors (Lipinski definition) is 3. The number of nitrogens with two attached hydrogens (primary N) is 1. The van der Waals surface area contributed by atoms with E-state index in [1.54, 1.807) is 13.0 Å². The third kappa shape index (κ3) is 7.11. The van der Waals surface area contributed by atoms with Crippen LogP contribution in [0.4, 0.5) is 0 Å². The summed E-state index contributed by atoms with van der Waals surface area (Å²) in [6.45, 7) is 4.52. The van der Waals surface area contributed by atoms with Gasteiger partial charge < -0.3 is 16.4 Å². The maximum Gasteiger partial charge on any atom is 0.251 e. The molecule has 1 rings (SSSR count). The molecule has 1 atom stereocenters. The number of benzene rings is 1. The van der Waals surface area contributed by atoms with Crippen molar-refractivity contribution in [2.75, 3.05) is 13.1 Å². The Morgan fingerprint density at radius 3 is 2.50 bits per heavy atom. The van der Waals surface area contributed by atoms with Gasteiger partial charge in [0, 0.05) is 31.1 Å². The van der Waals surface area contributed by atoms with Crippen molar-refractivity contribution in [3.05, 3.63) is 35.4 Å². The number of aryl methyl sites for hydroxylation is 1. The van der Waals surface area contributed by atoms with Gasteiger partial charge in [0.1, 0.15) is 0 Å². The van der Waals surface area contributed by atoms with Crippen LogP contribution in [-0.2, 0) is 4.79 Å². The molecule has 4 N–H and O–H groups in total. The molecule has 6 heteroatoms. The molecule has 0 aromatic heterocycles. The van der Waals surface area contributed by atoms with Crippen molar-refractivity contribution in [1.29, 1.82) is 0 Å². The highest BCUT2D eigenvalue weighted by atomic mass is 35.5. The van der Waals surface area contributed by atoms with E-state index in [1.807, 2.05) is 25.1 Å². The Balaban J connectivity index is 0.00000361. The summed E-state index contributed by atoms with van der Waals surface area (Å²) in [5.74, 6) is -0.232. The smallest absolute Gasteiger partial charge is 0.251 e. The lowest BCUT2D eigenvalue weighted by molar-refractivity contribution is -0.121. The van der Waals surface area contributed by atoms with E-state index >= 15 is 0 Å². The zero-order valence-electron chi connectivity index (χ0n) is 11.8. The van der Waals surface area contributed by atoms with E-state index in [4.69, 9.17) is 5.73 Å². The predicted molar refractivity (Wildman–Crippen MR) is 82.0 cm³/mol. The normalized spacial score (nSPS) is 11.2.